The summed E-state index contributed by atoms with van der Waals surface area (Å²) in [7, 11) is 0. The molecule has 1 aliphatic heterocycles. The summed E-state index contributed by atoms with van der Waals surface area (Å²) in [6, 6.07) is -0.237. The van der Waals surface area contributed by atoms with E-state index in [9.17, 15) is 9.59 Å². The molecule has 0 aromatic heterocycles. The predicted molar refractivity (Wildman–Crippen MR) is 192 cm³/mol. The van der Waals surface area contributed by atoms with Crippen molar-refractivity contribution in [1.82, 2.24) is 10.2 Å². The normalized spacial score (nSPS) is 15.2. The van der Waals surface area contributed by atoms with Crippen molar-refractivity contribution < 1.29 is 9.59 Å². The third-order valence-electron chi connectivity index (χ3n) is 9.96. The Morgan fingerprint density at radius 1 is 0.477 bits per heavy atom. The Hall–Kier alpha value is -0.900. The van der Waals surface area contributed by atoms with Crippen LogP contribution in [0.2, 0.25) is 0 Å². The molecular formula is C40H78N2O2. The topological polar surface area (TPSA) is 49.4 Å². The molecule has 0 saturated carbocycles. The fraction of sp³-hybridized carbons (Fsp3) is 0.950. The van der Waals surface area contributed by atoms with E-state index in [2.05, 4.69) is 19.2 Å². The van der Waals surface area contributed by atoms with Gasteiger partial charge in [-0.25, -0.2) is 0 Å². The van der Waals surface area contributed by atoms with Crippen LogP contribution in [-0.2, 0) is 9.59 Å². The second kappa shape index (κ2) is 32.1. The SMILES string of the molecule is CCCCCCCCCCCCCCCCCC(=O)C1CNCCN1C(=O)CCCCCCCCCCCCCCCCC. The van der Waals surface area contributed by atoms with Gasteiger partial charge in [-0.15, -0.1) is 0 Å². The first-order chi connectivity index (χ1) is 21.7. The molecule has 0 bridgehead atoms. The van der Waals surface area contributed by atoms with Crippen LogP contribution in [-0.4, -0.2) is 42.3 Å². The van der Waals surface area contributed by atoms with Crippen molar-refractivity contribution in [1.29, 1.82) is 0 Å². The van der Waals surface area contributed by atoms with Gasteiger partial charge < -0.3 is 10.2 Å². The van der Waals surface area contributed by atoms with Crippen LogP contribution in [0.25, 0.3) is 0 Å². The molecule has 4 heteroatoms. The van der Waals surface area contributed by atoms with E-state index >= 15 is 0 Å². The minimum atomic E-state index is -0.237. The summed E-state index contributed by atoms with van der Waals surface area (Å²) in [6.07, 6.45) is 41.4. The third-order valence-corrected chi connectivity index (χ3v) is 9.96. The predicted octanol–water partition coefficient (Wildman–Crippen LogP) is 11.9. The second-order valence-corrected chi connectivity index (χ2v) is 14.2. The van der Waals surface area contributed by atoms with Gasteiger partial charge in [0.2, 0.25) is 5.91 Å². The zero-order chi connectivity index (χ0) is 31.8. The number of unbranched alkanes of at least 4 members (excludes halogenated alkanes) is 28. The Kier molecular flexibility index (Phi) is 30.0. The Morgan fingerprint density at radius 3 is 1.16 bits per heavy atom. The van der Waals surface area contributed by atoms with Gasteiger partial charge in [-0.1, -0.05) is 194 Å². The van der Waals surface area contributed by atoms with Gasteiger partial charge in [-0.2, -0.15) is 0 Å². The number of hydrogen-bond acceptors (Lipinski definition) is 3. The standard InChI is InChI=1S/C40H78N2O2/c1-3-5-7-9-11-13-15-17-19-21-23-25-27-29-31-33-39(43)38-37-41-35-36-42(38)40(44)34-32-30-28-26-24-22-20-18-16-14-12-10-8-6-4-2/h38,41H,3-37H2,1-2H3. The van der Waals surface area contributed by atoms with Crippen LogP contribution in [0.5, 0.6) is 0 Å². The Bertz CT molecular complexity index is 583. The van der Waals surface area contributed by atoms with E-state index < -0.39 is 0 Å². The van der Waals surface area contributed by atoms with Crippen molar-refractivity contribution in [3.05, 3.63) is 0 Å². The van der Waals surface area contributed by atoms with Gasteiger partial charge >= 0.3 is 0 Å². The molecule has 1 amide bonds. The summed E-state index contributed by atoms with van der Waals surface area (Å²) >= 11 is 0. The fourth-order valence-corrected chi connectivity index (χ4v) is 6.92. The molecule has 1 aliphatic rings. The van der Waals surface area contributed by atoms with Gasteiger partial charge in [0.1, 0.15) is 6.04 Å². The Labute approximate surface area is 276 Å². The number of ketones is 1. The molecule has 0 aromatic carbocycles. The lowest BCUT2D eigenvalue weighted by atomic mass is 10.00. The van der Waals surface area contributed by atoms with E-state index in [1.165, 1.54) is 167 Å². The number of amides is 1. The minimum absolute atomic E-state index is 0.205. The maximum atomic E-state index is 13.0. The average molecular weight is 619 g/mol. The van der Waals surface area contributed by atoms with Gasteiger partial charge in [-0.05, 0) is 12.8 Å². The molecule has 0 aliphatic carbocycles. The Morgan fingerprint density at radius 2 is 0.795 bits per heavy atom. The second-order valence-electron chi connectivity index (χ2n) is 14.2. The lowest BCUT2D eigenvalue weighted by Gasteiger charge is -2.35. The van der Waals surface area contributed by atoms with Crippen LogP contribution in [0.3, 0.4) is 0 Å². The summed E-state index contributed by atoms with van der Waals surface area (Å²) in [4.78, 5) is 27.9. The maximum Gasteiger partial charge on any atom is 0.223 e. The molecule has 0 aromatic rings. The number of carbonyl (C=O) groups excluding carboxylic acids is 2. The number of nitrogens with zero attached hydrogens (tertiary/aromatic N) is 1. The monoisotopic (exact) mass is 619 g/mol. The van der Waals surface area contributed by atoms with E-state index in [1.54, 1.807) is 0 Å². The lowest BCUT2D eigenvalue weighted by molar-refractivity contribution is -0.140. The summed E-state index contributed by atoms with van der Waals surface area (Å²) < 4.78 is 0. The molecule has 1 saturated heterocycles. The molecule has 0 radical (unpaired) electrons. The molecule has 1 rings (SSSR count). The van der Waals surface area contributed by atoms with E-state index in [4.69, 9.17) is 0 Å². The van der Waals surface area contributed by atoms with Gasteiger partial charge in [0, 0.05) is 32.5 Å². The van der Waals surface area contributed by atoms with Crippen molar-refractivity contribution in [2.24, 2.45) is 0 Å². The number of nitrogens with one attached hydrogen (secondary N) is 1. The van der Waals surface area contributed by atoms with Gasteiger partial charge in [-0.3, -0.25) is 9.59 Å². The third kappa shape index (κ3) is 24.3. The zero-order valence-corrected chi connectivity index (χ0v) is 30.1. The van der Waals surface area contributed by atoms with Crippen LogP contribution in [0.15, 0.2) is 0 Å². The van der Waals surface area contributed by atoms with Crippen molar-refractivity contribution in [2.75, 3.05) is 19.6 Å². The molecular weight excluding hydrogens is 540 g/mol. The number of carbonyl (C=O) groups is 2. The fourth-order valence-electron chi connectivity index (χ4n) is 6.92. The largest absolute Gasteiger partial charge is 0.330 e. The minimum Gasteiger partial charge on any atom is -0.330 e. The first-order valence-electron chi connectivity index (χ1n) is 20.2. The average Bonchev–Trinajstić information content (AvgIpc) is 3.04. The number of Topliss-reactive ketones (excluding diaryl/α,β-unsaturated/α-hetero) is 1. The molecule has 1 heterocycles. The van der Waals surface area contributed by atoms with Gasteiger partial charge in [0.05, 0.1) is 0 Å². The van der Waals surface area contributed by atoms with Crippen molar-refractivity contribution in [2.45, 2.75) is 225 Å². The van der Waals surface area contributed by atoms with Crippen molar-refractivity contribution in [3.63, 3.8) is 0 Å². The summed E-state index contributed by atoms with van der Waals surface area (Å²) in [5.74, 6) is 0.479. The molecule has 1 fully saturated rings. The summed E-state index contributed by atoms with van der Waals surface area (Å²) in [5, 5.41) is 3.36. The highest BCUT2D eigenvalue weighted by atomic mass is 16.2. The van der Waals surface area contributed by atoms with Crippen LogP contribution in [0.4, 0.5) is 0 Å². The van der Waals surface area contributed by atoms with Gasteiger partial charge in [0.15, 0.2) is 5.78 Å². The van der Waals surface area contributed by atoms with Crippen LogP contribution >= 0.6 is 0 Å². The van der Waals surface area contributed by atoms with Crippen molar-refractivity contribution >= 4 is 11.7 Å². The molecule has 1 unspecified atom stereocenters. The quantitative estimate of drug-likeness (QED) is 0.0744. The number of rotatable bonds is 33. The Balaban J connectivity index is 1.98. The first-order valence-corrected chi connectivity index (χ1v) is 20.2. The number of piperazine rings is 1. The maximum absolute atomic E-state index is 13.0. The number of hydrogen-bond donors (Lipinski definition) is 1. The highest BCUT2D eigenvalue weighted by Gasteiger charge is 2.30. The molecule has 260 valence electrons. The highest BCUT2D eigenvalue weighted by molar-refractivity contribution is 5.89. The summed E-state index contributed by atoms with van der Waals surface area (Å²) in [5.41, 5.74) is 0. The molecule has 1 atom stereocenters. The van der Waals surface area contributed by atoms with E-state index in [0.29, 0.717) is 25.9 Å². The molecule has 0 spiro atoms. The van der Waals surface area contributed by atoms with Crippen LogP contribution in [0, 0.1) is 0 Å². The molecule has 4 nitrogen and oxygen atoms in total. The molecule has 1 N–H and O–H groups in total. The van der Waals surface area contributed by atoms with Gasteiger partial charge in [0.25, 0.3) is 0 Å². The van der Waals surface area contributed by atoms with Crippen LogP contribution in [0.1, 0.15) is 219 Å². The van der Waals surface area contributed by atoms with Crippen LogP contribution < -0.4 is 5.32 Å². The van der Waals surface area contributed by atoms with Crippen molar-refractivity contribution in [3.8, 4) is 0 Å². The van der Waals surface area contributed by atoms with E-state index in [0.717, 1.165) is 32.2 Å². The molecule has 44 heavy (non-hydrogen) atoms. The summed E-state index contributed by atoms with van der Waals surface area (Å²) in [6.45, 7) is 6.71. The highest BCUT2D eigenvalue weighted by Crippen LogP contribution is 2.17. The van der Waals surface area contributed by atoms with E-state index in [1.807, 2.05) is 4.90 Å². The first kappa shape index (κ1) is 41.1. The zero-order valence-electron chi connectivity index (χ0n) is 30.1. The van der Waals surface area contributed by atoms with E-state index in [-0.39, 0.29) is 17.7 Å². The smallest absolute Gasteiger partial charge is 0.223 e. The lowest BCUT2D eigenvalue weighted by Crippen LogP contribution is -2.56.